The lowest BCUT2D eigenvalue weighted by Gasteiger charge is -2.11. The summed E-state index contributed by atoms with van der Waals surface area (Å²) in [7, 11) is 0. The predicted octanol–water partition coefficient (Wildman–Crippen LogP) is 1.48. The van der Waals surface area contributed by atoms with Crippen LogP contribution in [0.3, 0.4) is 0 Å². The maximum atomic E-state index is 13.8. The number of tetrazole rings is 1. The van der Waals surface area contributed by atoms with Gasteiger partial charge in [0.25, 0.3) is 0 Å². The molecule has 3 rings (SSSR count). The molecule has 1 heterocycles. The number of hydrogen-bond donors (Lipinski definition) is 1. The fourth-order valence-electron chi connectivity index (χ4n) is 2.06. The van der Waals surface area contributed by atoms with Crippen LogP contribution in [0.15, 0.2) is 18.2 Å². The van der Waals surface area contributed by atoms with Crippen molar-refractivity contribution in [3.05, 3.63) is 29.8 Å². The smallest absolute Gasteiger partial charge is 0.311 e. The van der Waals surface area contributed by atoms with E-state index in [9.17, 15) is 13.6 Å². The highest BCUT2D eigenvalue weighted by molar-refractivity contribution is 5.77. The van der Waals surface area contributed by atoms with Crippen LogP contribution in [0.5, 0.6) is 0 Å². The molecule has 1 aliphatic carbocycles. The van der Waals surface area contributed by atoms with Crippen molar-refractivity contribution in [2.24, 2.45) is 5.41 Å². The Kier molecular flexibility index (Phi) is 2.73. The summed E-state index contributed by atoms with van der Waals surface area (Å²) in [5.74, 6) is -2.96. The Morgan fingerprint density at radius 3 is 2.80 bits per heavy atom. The number of nitrogens with zero attached hydrogens (tertiary/aromatic N) is 4. The summed E-state index contributed by atoms with van der Waals surface area (Å²) in [5, 5.41) is 19.9. The van der Waals surface area contributed by atoms with E-state index in [2.05, 4.69) is 15.5 Å². The van der Waals surface area contributed by atoms with Crippen molar-refractivity contribution in [2.75, 3.05) is 0 Å². The molecular weight excluding hydrogens is 270 g/mol. The molecule has 6 nitrogen and oxygen atoms in total. The van der Waals surface area contributed by atoms with Crippen molar-refractivity contribution in [3.63, 3.8) is 0 Å². The zero-order chi connectivity index (χ0) is 14.3. The molecule has 0 amide bonds. The minimum atomic E-state index is -1.05. The van der Waals surface area contributed by atoms with E-state index in [0.29, 0.717) is 12.8 Å². The van der Waals surface area contributed by atoms with Gasteiger partial charge in [-0.15, -0.1) is 5.10 Å². The molecule has 1 fully saturated rings. The summed E-state index contributed by atoms with van der Waals surface area (Å²) < 4.78 is 28.2. The first kappa shape index (κ1) is 12.6. The monoisotopic (exact) mass is 280 g/mol. The van der Waals surface area contributed by atoms with E-state index in [1.54, 1.807) is 0 Å². The summed E-state index contributed by atoms with van der Waals surface area (Å²) in [5.41, 5.74) is -0.982. The Bertz CT molecular complexity index is 682. The largest absolute Gasteiger partial charge is 0.481 e. The Hall–Kier alpha value is -2.38. The standard InChI is InChI=1S/C12H10F2N4O2/c13-8-3-1-2-7(9(8)14)10-15-16-17-18(10)6-12(4-5-12)11(19)20/h1-3H,4-6H2,(H,19,20). The lowest BCUT2D eigenvalue weighted by molar-refractivity contribution is -0.144. The van der Waals surface area contributed by atoms with Gasteiger partial charge in [-0.3, -0.25) is 4.79 Å². The molecule has 0 saturated heterocycles. The Morgan fingerprint density at radius 2 is 2.15 bits per heavy atom. The van der Waals surface area contributed by atoms with E-state index in [-0.39, 0.29) is 17.9 Å². The number of carboxylic acids is 1. The minimum absolute atomic E-state index is 0.0227. The van der Waals surface area contributed by atoms with E-state index < -0.39 is 23.0 Å². The average Bonchev–Trinajstić information content (AvgIpc) is 3.06. The highest BCUT2D eigenvalue weighted by atomic mass is 19.2. The van der Waals surface area contributed by atoms with Crippen molar-refractivity contribution in [1.29, 1.82) is 0 Å². The summed E-state index contributed by atoms with van der Waals surface area (Å²) in [6.45, 7) is 0.0423. The van der Waals surface area contributed by atoms with Gasteiger partial charge in [-0.2, -0.15) is 0 Å². The molecule has 1 N–H and O–H groups in total. The number of aliphatic carboxylic acids is 1. The minimum Gasteiger partial charge on any atom is -0.481 e. The molecule has 1 aliphatic rings. The van der Waals surface area contributed by atoms with Crippen LogP contribution in [0, 0.1) is 17.0 Å². The first-order chi connectivity index (χ1) is 9.53. The Labute approximate surface area is 112 Å². The van der Waals surface area contributed by atoms with Crippen LogP contribution in [0.25, 0.3) is 11.4 Å². The van der Waals surface area contributed by atoms with Gasteiger partial charge in [0.1, 0.15) is 0 Å². The van der Waals surface area contributed by atoms with Gasteiger partial charge in [0, 0.05) is 0 Å². The predicted molar refractivity (Wildman–Crippen MR) is 62.5 cm³/mol. The van der Waals surface area contributed by atoms with E-state index in [1.807, 2.05) is 0 Å². The normalized spacial score (nSPS) is 16.1. The maximum Gasteiger partial charge on any atom is 0.311 e. The number of hydrogen-bond acceptors (Lipinski definition) is 4. The fourth-order valence-corrected chi connectivity index (χ4v) is 2.06. The lowest BCUT2D eigenvalue weighted by atomic mass is 10.1. The quantitative estimate of drug-likeness (QED) is 0.917. The molecule has 0 atom stereocenters. The molecule has 1 aromatic carbocycles. The topological polar surface area (TPSA) is 80.9 Å². The van der Waals surface area contributed by atoms with Gasteiger partial charge in [0.05, 0.1) is 17.5 Å². The average molecular weight is 280 g/mol. The highest BCUT2D eigenvalue weighted by Gasteiger charge is 2.51. The zero-order valence-corrected chi connectivity index (χ0v) is 10.3. The molecule has 1 saturated carbocycles. The number of rotatable bonds is 4. The molecule has 0 radical (unpaired) electrons. The molecule has 0 spiro atoms. The summed E-state index contributed by atoms with van der Waals surface area (Å²) >= 11 is 0. The summed E-state index contributed by atoms with van der Waals surface area (Å²) in [4.78, 5) is 11.2. The van der Waals surface area contributed by atoms with Crippen LogP contribution in [0.4, 0.5) is 8.78 Å². The number of halogens is 2. The van der Waals surface area contributed by atoms with Crippen LogP contribution in [0.1, 0.15) is 12.8 Å². The second kappa shape index (κ2) is 4.32. The highest BCUT2D eigenvalue weighted by Crippen LogP contribution is 2.47. The van der Waals surface area contributed by atoms with Gasteiger partial charge in [0.2, 0.25) is 0 Å². The van der Waals surface area contributed by atoms with E-state index in [1.165, 1.54) is 16.8 Å². The molecule has 1 aromatic heterocycles. The van der Waals surface area contributed by atoms with Crippen molar-refractivity contribution in [2.45, 2.75) is 19.4 Å². The summed E-state index contributed by atoms with van der Waals surface area (Å²) in [6.07, 6.45) is 1.04. The third-order valence-electron chi connectivity index (χ3n) is 3.48. The van der Waals surface area contributed by atoms with E-state index in [4.69, 9.17) is 5.11 Å². The molecule has 8 heteroatoms. The Balaban J connectivity index is 1.99. The molecular formula is C12H10F2N4O2. The SMILES string of the molecule is O=C(O)C1(Cn2nnnc2-c2cccc(F)c2F)CC1. The number of aromatic nitrogens is 4. The van der Waals surface area contributed by atoms with Gasteiger partial charge >= 0.3 is 5.97 Å². The van der Waals surface area contributed by atoms with Gasteiger partial charge < -0.3 is 5.11 Å². The van der Waals surface area contributed by atoms with Crippen LogP contribution in [-0.2, 0) is 11.3 Å². The maximum absolute atomic E-state index is 13.8. The first-order valence-corrected chi connectivity index (χ1v) is 5.97. The molecule has 2 aromatic rings. The first-order valence-electron chi connectivity index (χ1n) is 5.97. The van der Waals surface area contributed by atoms with Crippen LogP contribution >= 0.6 is 0 Å². The number of carboxylic acid groups (broad SMARTS) is 1. The van der Waals surface area contributed by atoms with Crippen LogP contribution in [0.2, 0.25) is 0 Å². The molecule has 20 heavy (non-hydrogen) atoms. The third kappa shape index (κ3) is 1.93. The summed E-state index contributed by atoms with van der Waals surface area (Å²) in [6, 6.07) is 3.68. The Morgan fingerprint density at radius 1 is 1.40 bits per heavy atom. The van der Waals surface area contributed by atoms with Crippen LogP contribution < -0.4 is 0 Å². The van der Waals surface area contributed by atoms with Crippen LogP contribution in [-0.4, -0.2) is 31.3 Å². The molecule has 0 unspecified atom stereocenters. The molecule has 0 aliphatic heterocycles. The zero-order valence-electron chi connectivity index (χ0n) is 10.3. The van der Waals surface area contributed by atoms with Crippen molar-refractivity contribution in [1.82, 2.24) is 20.2 Å². The van der Waals surface area contributed by atoms with Gasteiger partial charge in [0.15, 0.2) is 17.5 Å². The van der Waals surface area contributed by atoms with Crippen molar-refractivity contribution < 1.29 is 18.7 Å². The number of carbonyl (C=O) groups is 1. The fraction of sp³-hybridized carbons (Fsp3) is 0.333. The second-order valence-electron chi connectivity index (χ2n) is 4.85. The number of benzene rings is 1. The second-order valence-corrected chi connectivity index (χ2v) is 4.85. The van der Waals surface area contributed by atoms with Gasteiger partial charge in [-0.25, -0.2) is 13.5 Å². The van der Waals surface area contributed by atoms with E-state index >= 15 is 0 Å². The van der Waals surface area contributed by atoms with E-state index in [0.717, 1.165) is 6.07 Å². The van der Waals surface area contributed by atoms with Gasteiger partial charge in [-0.1, -0.05) is 6.07 Å². The third-order valence-corrected chi connectivity index (χ3v) is 3.48. The van der Waals surface area contributed by atoms with Crippen molar-refractivity contribution >= 4 is 5.97 Å². The van der Waals surface area contributed by atoms with Crippen molar-refractivity contribution in [3.8, 4) is 11.4 Å². The van der Waals surface area contributed by atoms with Gasteiger partial charge in [-0.05, 0) is 35.4 Å². The molecule has 0 bridgehead atoms. The lowest BCUT2D eigenvalue weighted by Crippen LogP contribution is -2.22. The molecule has 104 valence electrons.